The van der Waals surface area contributed by atoms with Gasteiger partial charge in [-0.25, -0.2) is 0 Å². The van der Waals surface area contributed by atoms with Crippen LogP contribution in [0.3, 0.4) is 0 Å². The maximum Gasteiger partial charge on any atom is 0.295 e. The summed E-state index contributed by atoms with van der Waals surface area (Å²) in [5, 5.41) is 11.7. The minimum absolute atomic E-state index is 0.0874. The van der Waals surface area contributed by atoms with Crippen molar-refractivity contribution >= 4 is 29.1 Å². The van der Waals surface area contributed by atoms with Crippen molar-refractivity contribution in [3.05, 3.63) is 70.3 Å². The molecule has 1 amide bonds. The van der Waals surface area contributed by atoms with Crippen LogP contribution < -0.4 is 4.74 Å². The summed E-state index contributed by atoms with van der Waals surface area (Å²) in [5.74, 6) is -0.848. The third-order valence-corrected chi connectivity index (χ3v) is 6.85. The summed E-state index contributed by atoms with van der Waals surface area (Å²) in [6, 6.07) is 13.2. The number of hydrogen-bond donors (Lipinski definition) is 1. The van der Waals surface area contributed by atoms with Gasteiger partial charge in [0.25, 0.3) is 11.7 Å². The molecule has 6 nitrogen and oxygen atoms in total. The van der Waals surface area contributed by atoms with Gasteiger partial charge in [0, 0.05) is 17.1 Å². The summed E-state index contributed by atoms with van der Waals surface area (Å²) in [5.41, 5.74) is 1.25. The highest BCUT2D eigenvalue weighted by atomic mass is 35.5. The van der Waals surface area contributed by atoms with E-state index < -0.39 is 17.7 Å². The van der Waals surface area contributed by atoms with E-state index in [0.717, 1.165) is 57.3 Å². The fraction of sp³-hybridized carbons (Fsp3) is 0.448. The number of ether oxygens (including phenoxy) is 1. The van der Waals surface area contributed by atoms with E-state index in [1.165, 1.54) is 0 Å². The van der Waals surface area contributed by atoms with Gasteiger partial charge in [0.1, 0.15) is 11.5 Å². The number of hydrogen-bond acceptors (Lipinski definition) is 5. The number of rotatable bonds is 13. The summed E-state index contributed by atoms with van der Waals surface area (Å²) in [4.78, 5) is 30.5. The Labute approximate surface area is 219 Å². The highest BCUT2D eigenvalue weighted by molar-refractivity contribution is 6.46. The molecule has 2 aromatic rings. The molecular weight excluding hydrogens is 476 g/mol. The Morgan fingerprint density at radius 2 is 1.64 bits per heavy atom. The second-order valence-electron chi connectivity index (χ2n) is 9.18. The minimum Gasteiger partial charge on any atom is -0.507 e. The smallest absolute Gasteiger partial charge is 0.295 e. The van der Waals surface area contributed by atoms with Crippen LogP contribution in [-0.2, 0) is 9.59 Å². The lowest BCUT2D eigenvalue weighted by atomic mass is 9.95. The average Bonchev–Trinajstić information content (AvgIpc) is 3.15. The van der Waals surface area contributed by atoms with Gasteiger partial charge in [0.15, 0.2) is 0 Å². The second-order valence-corrected chi connectivity index (χ2v) is 9.61. The third kappa shape index (κ3) is 6.68. The number of aliphatic hydroxyl groups excluding tert-OH is 1. The predicted molar refractivity (Wildman–Crippen MR) is 144 cm³/mol. The van der Waals surface area contributed by atoms with Gasteiger partial charge in [-0.1, -0.05) is 50.4 Å². The standard InChI is InChI=1S/C29H37ClN2O4/c1-4-6-16-31(17-7-5-2)18-9-19-32-26(22-10-8-11-24(20-22)36-3)25(28(34)29(32)35)27(33)21-12-14-23(30)15-13-21/h8,10-15,20,26,33H,4-7,9,16-19H2,1-3H3. The van der Waals surface area contributed by atoms with Crippen molar-refractivity contribution in [1.82, 2.24) is 9.80 Å². The number of amides is 1. The van der Waals surface area contributed by atoms with E-state index in [0.29, 0.717) is 22.9 Å². The number of likely N-dealkylation sites (tertiary alicyclic amines) is 1. The number of methoxy groups -OCH3 is 1. The van der Waals surface area contributed by atoms with Crippen LogP contribution in [0.1, 0.15) is 63.1 Å². The summed E-state index contributed by atoms with van der Waals surface area (Å²) in [6.07, 6.45) is 5.29. The Bertz CT molecular complexity index is 1060. The van der Waals surface area contributed by atoms with Gasteiger partial charge in [-0.3, -0.25) is 9.59 Å². The topological polar surface area (TPSA) is 70.1 Å². The van der Waals surface area contributed by atoms with Gasteiger partial charge < -0.3 is 19.6 Å². The van der Waals surface area contributed by atoms with Crippen LogP contribution in [0.15, 0.2) is 54.1 Å². The molecule has 1 fully saturated rings. The fourth-order valence-corrected chi connectivity index (χ4v) is 4.72. The third-order valence-electron chi connectivity index (χ3n) is 6.60. The normalized spacial score (nSPS) is 17.2. The molecule has 1 N–H and O–H groups in total. The summed E-state index contributed by atoms with van der Waals surface area (Å²) < 4.78 is 5.40. The first kappa shape index (κ1) is 27.8. The van der Waals surface area contributed by atoms with Crippen LogP contribution in [0.2, 0.25) is 5.02 Å². The number of halogens is 1. The number of unbranched alkanes of at least 4 members (excludes halogenated alkanes) is 2. The van der Waals surface area contributed by atoms with E-state index in [9.17, 15) is 14.7 Å². The van der Waals surface area contributed by atoms with Gasteiger partial charge in [-0.05, 0) is 80.9 Å². The van der Waals surface area contributed by atoms with Gasteiger partial charge in [-0.2, -0.15) is 0 Å². The minimum atomic E-state index is -0.699. The van der Waals surface area contributed by atoms with Gasteiger partial charge in [0.05, 0.1) is 18.7 Å². The van der Waals surface area contributed by atoms with Crippen LogP contribution in [0, 0.1) is 0 Å². The molecule has 0 aliphatic carbocycles. The number of carbonyl (C=O) groups excluding carboxylic acids is 2. The van der Waals surface area contributed by atoms with Crippen molar-refractivity contribution in [2.45, 2.75) is 52.0 Å². The molecule has 1 heterocycles. The van der Waals surface area contributed by atoms with Gasteiger partial charge in [-0.15, -0.1) is 0 Å². The number of benzene rings is 2. The summed E-state index contributed by atoms with van der Waals surface area (Å²) >= 11 is 6.01. The van der Waals surface area contributed by atoms with E-state index in [1.807, 2.05) is 24.3 Å². The van der Waals surface area contributed by atoms with Gasteiger partial charge in [0.2, 0.25) is 0 Å². The lowest BCUT2D eigenvalue weighted by Crippen LogP contribution is -2.34. The van der Waals surface area contributed by atoms with Crippen molar-refractivity contribution in [2.24, 2.45) is 0 Å². The Balaban J connectivity index is 1.93. The first-order valence-corrected chi connectivity index (χ1v) is 13.2. The molecule has 3 rings (SSSR count). The maximum atomic E-state index is 13.2. The van der Waals surface area contributed by atoms with E-state index >= 15 is 0 Å². The van der Waals surface area contributed by atoms with Crippen molar-refractivity contribution in [3.8, 4) is 5.75 Å². The average molecular weight is 513 g/mol. The molecule has 0 radical (unpaired) electrons. The largest absolute Gasteiger partial charge is 0.507 e. The molecule has 36 heavy (non-hydrogen) atoms. The molecule has 7 heteroatoms. The zero-order valence-electron chi connectivity index (χ0n) is 21.5. The summed E-state index contributed by atoms with van der Waals surface area (Å²) in [7, 11) is 1.57. The second kappa shape index (κ2) is 13.5. The molecule has 0 aromatic heterocycles. The lowest BCUT2D eigenvalue weighted by molar-refractivity contribution is -0.140. The van der Waals surface area contributed by atoms with Crippen LogP contribution >= 0.6 is 11.6 Å². The number of carbonyl (C=O) groups is 2. The monoisotopic (exact) mass is 512 g/mol. The number of nitrogens with zero attached hydrogens (tertiary/aromatic N) is 2. The van der Waals surface area contributed by atoms with Crippen molar-refractivity contribution in [3.63, 3.8) is 0 Å². The Morgan fingerprint density at radius 1 is 1.00 bits per heavy atom. The van der Waals surface area contributed by atoms with E-state index in [1.54, 1.807) is 36.3 Å². The molecular formula is C29H37ClN2O4. The van der Waals surface area contributed by atoms with Crippen LogP contribution in [0.4, 0.5) is 0 Å². The molecule has 0 bridgehead atoms. The molecule has 1 aliphatic heterocycles. The number of Topliss-reactive ketones (excluding diaryl/α,β-unsaturated/α-hetero) is 1. The summed E-state index contributed by atoms with van der Waals surface area (Å²) in [6.45, 7) is 7.71. The zero-order valence-corrected chi connectivity index (χ0v) is 22.3. The molecule has 1 unspecified atom stereocenters. The first-order chi connectivity index (χ1) is 17.4. The maximum absolute atomic E-state index is 13.2. The number of aliphatic hydroxyl groups is 1. The SMILES string of the molecule is CCCCN(CCCC)CCCN1C(=O)C(=O)C(=C(O)c2ccc(Cl)cc2)C1c1cccc(OC)c1. The Kier molecular flexibility index (Phi) is 10.4. The van der Waals surface area contributed by atoms with Crippen LogP contribution in [-0.4, -0.2) is 59.9 Å². The van der Waals surface area contributed by atoms with Gasteiger partial charge >= 0.3 is 0 Å². The van der Waals surface area contributed by atoms with Crippen LogP contribution in [0.5, 0.6) is 5.75 Å². The molecule has 0 spiro atoms. The first-order valence-electron chi connectivity index (χ1n) is 12.8. The highest BCUT2D eigenvalue weighted by Gasteiger charge is 2.45. The highest BCUT2D eigenvalue weighted by Crippen LogP contribution is 2.40. The van der Waals surface area contributed by atoms with Crippen LogP contribution in [0.25, 0.3) is 5.76 Å². The lowest BCUT2D eigenvalue weighted by Gasteiger charge is -2.27. The predicted octanol–water partition coefficient (Wildman–Crippen LogP) is 6.06. The molecule has 2 aromatic carbocycles. The van der Waals surface area contributed by atoms with E-state index in [-0.39, 0.29) is 11.3 Å². The van der Waals surface area contributed by atoms with Crippen molar-refractivity contribution in [2.75, 3.05) is 33.3 Å². The van der Waals surface area contributed by atoms with Crippen molar-refractivity contribution in [1.29, 1.82) is 0 Å². The molecule has 1 atom stereocenters. The zero-order chi connectivity index (χ0) is 26.1. The molecule has 1 aliphatic rings. The van der Waals surface area contributed by atoms with Crippen molar-refractivity contribution < 1.29 is 19.4 Å². The molecule has 194 valence electrons. The van der Waals surface area contributed by atoms with E-state index in [2.05, 4.69) is 18.7 Å². The Morgan fingerprint density at radius 3 is 2.25 bits per heavy atom. The quantitative estimate of drug-likeness (QED) is 0.200. The van der Waals surface area contributed by atoms with E-state index in [4.69, 9.17) is 16.3 Å². The Hall–Kier alpha value is -2.83. The molecule has 0 saturated carbocycles. The number of ketones is 1. The molecule has 1 saturated heterocycles. The fourth-order valence-electron chi connectivity index (χ4n) is 4.60.